The van der Waals surface area contributed by atoms with Crippen molar-refractivity contribution in [3.63, 3.8) is 0 Å². The fourth-order valence-electron chi connectivity index (χ4n) is 1.52. The van der Waals surface area contributed by atoms with E-state index in [1.807, 2.05) is 0 Å². The lowest BCUT2D eigenvalue weighted by Crippen LogP contribution is -2.06. The van der Waals surface area contributed by atoms with E-state index in [0.717, 1.165) is 6.29 Å². The Morgan fingerprint density at radius 2 is 2.16 bits per heavy atom. The zero-order valence-electron chi connectivity index (χ0n) is 11.2. The van der Waals surface area contributed by atoms with Gasteiger partial charge in [0.1, 0.15) is 11.5 Å². The van der Waals surface area contributed by atoms with E-state index in [1.54, 1.807) is 25.1 Å². The Hall–Kier alpha value is -2.04. The molecule has 1 rings (SSSR count). The van der Waals surface area contributed by atoms with Crippen LogP contribution in [0.5, 0.6) is 11.5 Å². The standard InChI is InChI=1S/C14H18O5/c1-3-18-14(16)5-4-8-19-12-7-6-11(10-15)13(9-12)17-2/h6-7,9-10H,3-5,8H2,1-2H3. The van der Waals surface area contributed by atoms with Gasteiger partial charge in [0.15, 0.2) is 6.29 Å². The molecule has 0 amide bonds. The van der Waals surface area contributed by atoms with Crippen molar-refractivity contribution in [2.24, 2.45) is 0 Å². The molecule has 0 unspecified atom stereocenters. The minimum Gasteiger partial charge on any atom is -0.496 e. The highest BCUT2D eigenvalue weighted by molar-refractivity contribution is 5.79. The normalized spacial score (nSPS) is 9.79. The molecule has 0 aliphatic carbocycles. The molecule has 5 nitrogen and oxygen atoms in total. The van der Waals surface area contributed by atoms with Crippen LogP contribution >= 0.6 is 0 Å². The summed E-state index contributed by atoms with van der Waals surface area (Å²) in [5, 5.41) is 0. The number of hydrogen-bond donors (Lipinski definition) is 0. The summed E-state index contributed by atoms with van der Waals surface area (Å²) in [6.45, 7) is 2.57. The fraction of sp³-hybridized carbons (Fsp3) is 0.429. The summed E-state index contributed by atoms with van der Waals surface area (Å²) in [7, 11) is 1.49. The molecule has 0 saturated heterocycles. The maximum absolute atomic E-state index is 11.1. The van der Waals surface area contributed by atoms with Crippen LogP contribution in [-0.4, -0.2) is 32.6 Å². The van der Waals surface area contributed by atoms with E-state index >= 15 is 0 Å². The predicted octanol–water partition coefficient (Wildman–Crippen LogP) is 2.23. The fourth-order valence-corrected chi connectivity index (χ4v) is 1.52. The first-order valence-corrected chi connectivity index (χ1v) is 6.13. The van der Waals surface area contributed by atoms with Gasteiger partial charge < -0.3 is 14.2 Å². The van der Waals surface area contributed by atoms with Crippen LogP contribution in [0.25, 0.3) is 0 Å². The monoisotopic (exact) mass is 266 g/mol. The maximum Gasteiger partial charge on any atom is 0.305 e. The van der Waals surface area contributed by atoms with Gasteiger partial charge in [-0.3, -0.25) is 9.59 Å². The van der Waals surface area contributed by atoms with E-state index < -0.39 is 0 Å². The van der Waals surface area contributed by atoms with Gasteiger partial charge in [0.05, 0.1) is 25.9 Å². The minimum absolute atomic E-state index is 0.222. The second kappa shape index (κ2) is 8.13. The van der Waals surface area contributed by atoms with Crippen LogP contribution in [0.2, 0.25) is 0 Å². The van der Waals surface area contributed by atoms with Gasteiger partial charge in [-0.25, -0.2) is 0 Å². The first-order chi connectivity index (χ1) is 9.21. The lowest BCUT2D eigenvalue weighted by molar-refractivity contribution is -0.143. The Morgan fingerprint density at radius 1 is 1.37 bits per heavy atom. The highest BCUT2D eigenvalue weighted by Crippen LogP contribution is 2.23. The van der Waals surface area contributed by atoms with Crippen molar-refractivity contribution in [2.75, 3.05) is 20.3 Å². The Balaban J connectivity index is 2.41. The number of carbonyl (C=O) groups excluding carboxylic acids is 2. The summed E-state index contributed by atoms with van der Waals surface area (Å²) in [4.78, 5) is 21.8. The van der Waals surface area contributed by atoms with E-state index in [1.165, 1.54) is 7.11 Å². The van der Waals surface area contributed by atoms with E-state index in [-0.39, 0.29) is 5.97 Å². The minimum atomic E-state index is -0.222. The quantitative estimate of drug-likeness (QED) is 0.410. The smallest absolute Gasteiger partial charge is 0.305 e. The summed E-state index contributed by atoms with van der Waals surface area (Å²) < 4.78 is 15.3. The molecule has 0 aliphatic rings. The first kappa shape index (κ1) is 15.0. The third kappa shape index (κ3) is 4.99. The van der Waals surface area contributed by atoms with E-state index in [4.69, 9.17) is 14.2 Å². The number of ether oxygens (including phenoxy) is 3. The van der Waals surface area contributed by atoms with Crippen LogP contribution in [0.15, 0.2) is 18.2 Å². The van der Waals surface area contributed by atoms with Crippen molar-refractivity contribution in [1.29, 1.82) is 0 Å². The molecule has 19 heavy (non-hydrogen) atoms. The molecule has 1 aromatic rings. The Bertz CT molecular complexity index is 428. The van der Waals surface area contributed by atoms with Crippen LogP contribution in [0.3, 0.4) is 0 Å². The molecule has 0 saturated carbocycles. The lowest BCUT2D eigenvalue weighted by atomic mass is 10.2. The lowest BCUT2D eigenvalue weighted by Gasteiger charge is -2.09. The molecule has 0 radical (unpaired) electrons. The summed E-state index contributed by atoms with van der Waals surface area (Å²) in [6, 6.07) is 4.97. The topological polar surface area (TPSA) is 61.8 Å². The van der Waals surface area contributed by atoms with Crippen molar-refractivity contribution < 1.29 is 23.8 Å². The molecular weight excluding hydrogens is 248 g/mol. The van der Waals surface area contributed by atoms with Crippen LogP contribution in [0, 0.1) is 0 Å². The van der Waals surface area contributed by atoms with Crippen LogP contribution in [-0.2, 0) is 9.53 Å². The number of esters is 1. The average molecular weight is 266 g/mol. The Labute approximate surface area is 112 Å². The zero-order valence-corrected chi connectivity index (χ0v) is 11.2. The molecule has 0 aliphatic heterocycles. The van der Waals surface area contributed by atoms with Gasteiger partial charge in [0, 0.05) is 12.5 Å². The third-order valence-electron chi connectivity index (χ3n) is 2.43. The van der Waals surface area contributed by atoms with Crippen LogP contribution in [0.4, 0.5) is 0 Å². The van der Waals surface area contributed by atoms with Crippen LogP contribution < -0.4 is 9.47 Å². The van der Waals surface area contributed by atoms with E-state index in [0.29, 0.717) is 43.1 Å². The largest absolute Gasteiger partial charge is 0.496 e. The van der Waals surface area contributed by atoms with Gasteiger partial charge in [-0.05, 0) is 25.5 Å². The van der Waals surface area contributed by atoms with E-state index in [9.17, 15) is 9.59 Å². The summed E-state index contributed by atoms with van der Waals surface area (Å²) >= 11 is 0. The third-order valence-corrected chi connectivity index (χ3v) is 2.43. The highest BCUT2D eigenvalue weighted by atomic mass is 16.5. The molecule has 0 spiro atoms. The molecule has 0 aromatic heterocycles. The van der Waals surface area contributed by atoms with Crippen molar-refractivity contribution in [2.45, 2.75) is 19.8 Å². The van der Waals surface area contributed by atoms with Gasteiger partial charge in [-0.15, -0.1) is 0 Å². The molecular formula is C14H18O5. The van der Waals surface area contributed by atoms with Gasteiger partial charge >= 0.3 is 5.97 Å². The predicted molar refractivity (Wildman–Crippen MR) is 69.7 cm³/mol. The molecule has 0 fully saturated rings. The van der Waals surface area contributed by atoms with Crippen LogP contribution in [0.1, 0.15) is 30.1 Å². The first-order valence-electron chi connectivity index (χ1n) is 6.13. The molecule has 0 bridgehead atoms. The number of hydrogen-bond acceptors (Lipinski definition) is 5. The second-order valence-corrected chi connectivity index (χ2v) is 3.78. The van der Waals surface area contributed by atoms with Crippen molar-refractivity contribution >= 4 is 12.3 Å². The Kier molecular flexibility index (Phi) is 6.43. The number of rotatable bonds is 8. The summed E-state index contributed by atoms with van der Waals surface area (Å²) in [5.74, 6) is 0.851. The van der Waals surface area contributed by atoms with Gasteiger partial charge in [0.25, 0.3) is 0 Å². The van der Waals surface area contributed by atoms with Crippen molar-refractivity contribution in [3.8, 4) is 11.5 Å². The average Bonchev–Trinajstić information content (AvgIpc) is 2.43. The highest BCUT2D eigenvalue weighted by Gasteiger charge is 2.05. The molecule has 104 valence electrons. The van der Waals surface area contributed by atoms with Gasteiger partial charge in [-0.1, -0.05) is 0 Å². The number of aldehydes is 1. The molecule has 1 aromatic carbocycles. The summed E-state index contributed by atoms with van der Waals surface area (Å²) in [5.41, 5.74) is 0.473. The molecule has 5 heteroatoms. The molecule has 0 atom stereocenters. The number of benzene rings is 1. The number of carbonyl (C=O) groups is 2. The Morgan fingerprint density at radius 3 is 2.79 bits per heavy atom. The SMILES string of the molecule is CCOC(=O)CCCOc1ccc(C=O)c(OC)c1. The second-order valence-electron chi connectivity index (χ2n) is 3.78. The molecule has 0 N–H and O–H groups in total. The maximum atomic E-state index is 11.1. The number of methoxy groups -OCH3 is 1. The van der Waals surface area contributed by atoms with Gasteiger partial charge in [-0.2, -0.15) is 0 Å². The molecule has 0 heterocycles. The van der Waals surface area contributed by atoms with E-state index in [2.05, 4.69) is 0 Å². The zero-order chi connectivity index (χ0) is 14.1. The van der Waals surface area contributed by atoms with Crippen molar-refractivity contribution in [3.05, 3.63) is 23.8 Å². The van der Waals surface area contributed by atoms with Crippen molar-refractivity contribution in [1.82, 2.24) is 0 Å². The summed E-state index contributed by atoms with van der Waals surface area (Å²) in [6.07, 6.45) is 1.64. The van der Waals surface area contributed by atoms with Gasteiger partial charge in [0.2, 0.25) is 0 Å².